The lowest BCUT2D eigenvalue weighted by Crippen LogP contribution is -2.46. The Bertz CT molecular complexity index is 1760. The molecule has 0 radical (unpaired) electrons. The van der Waals surface area contributed by atoms with Gasteiger partial charge in [-0.15, -0.1) is 11.3 Å². The summed E-state index contributed by atoms with van der Waals surface area (Å²) in [6.07, 6.45) is 6.89. The van der Waals surface area contributed by atoms with Gasteiger partial charge in [0.15, 0.2) is 0 Å². The largest absolute Gasteiger partial charge is 0.378 e. The summed E-state index contributed by atoms with van der Waals surface area (Å²) in [5, 5.41) is 7.68. The van der Waals surface area contributed by atoms with E-state index in [0.717, 1.165) is 95.3 Å². The van der Waals surface area contributed by atoms with Crippen molar-refractivity contribution in [3.05, 3.63) is 72.5 Å². The highest BCUT2D eigenvalue weighted by Crippen LogP contribution is 2.34. The number of amides is 1. The van der Waals surface area contributed by atoms with E-state index < -0.39 is 0 Å². The van der Waals surface area contributed by atoms with Crippen LogP contribution in [0.15, 0.2) is 67.6 Å². The van der Waals surface area contributed by atoms with E-state index in [0.29, 0.717) is 13.2 Å². The second kappa shape index (κ2) is 12.1. The van der Waals surface area contributed by atoms with E-state index in [1.807, 2.05) is 12.3 Å². The Morgan fingerprint density at radius 1 is 1.12 bits per heavy atom. The molecule has 1 aromatic carbocycles. The third-order valence-electron chi connectivity index (χ3n) is 8.07. The van der Waals surface area contributed by atoms with Gasteiger partial charge in [0, 0.05) is 54.7 Å². The third kappa shape index (κ3) is 5.96. The number of piperidine rings is 1. The summed E-state index contributed by atoms with van der Waals surface area (Å²) in [6.45, 7) is 9.37. The number of rotatable bonds is 8. The van der Waals surface area contributed by atoms with Crippen molar-refractivity contribution in [2.45, 2.75) is 25.4 Å². The number of carbonyl (C=O) groups is 1. The van der Waals surface area contributed by atoms with Gasteiger partial charge < -0.3 is 25.3 Å². The molecule has 2 aliphatic heterocycles. The number of pyridine rings is 1. The summed E-state index contributed by atoms with van der Waals surface area (Å²) >= 11 is 1.77. The van der Waals surface area contributed by atoms with Crippen LogP contribution in [0.2, 0.25) is 0 Å². The Kier molecular flexibility index (Phi) is 7.75. The smallest absolute Gasteiger partial charge is 0.243 e. The van der Waals surface area contributed by atoms with E-state index in [2.05, 4.69) is 83.3 Å². The number of hydrogen-bond acceptors (Lipinski definition) is 9. The van der Waals surface area contributed by atoms with E-state index in [4.69, 9.17) is 4.74 Å². The molecule has 0 saturated carbocycles. The van der Waals surface area contributed by atoms with Gasteiger partial charge in [-0.3, -0.25) is 14.7 Å². The molecule has 0 aliphatic carbocycles. The van der Waals surface area contributed by atoms with Crippen molar-refractivity contribution in [2.24, 2.45) is 0 Å². The Labute approximate surface area is 253 Å². The monoisotopic (exact) mass is 594 g/mol. The summed E-state index contributed by atoms with van der Waals surface area (Å²) in [7, 11) is 0. The van der Waals surface area contributed by atoms with Crippen LogP contribution in [0.5, 0.6) is 0 Å². The first-order valence-corrected chi connectivity index (χ1v) is 15.5. The van der Waals surface area contributed by atoms with Crippen molar-refractivity contribution in [3.8, 4) is 11.3 Å². The first-order chi connectivity index (χ1) is 21.1. The Morgan fingerprint density at radius 3 is 2.81 bits per heavy atom. The van der Waals surface area contributed by atoms with Gasteiger partial charge in [0.05, 0.1) is 34.5 Å². The molecule has 0 bridgehead atoms. The summed E-state index contributed by atoms with van der Waals surface area (Å²) in [5.74, 6) is 0.848. The van der Waals surface area contributed by atoms with Gasteiger partial charge in [0.25, 0.3) is 0 Å². The van der Waals surface area contributed by atoms with Crippen molar-refractivity contribution < 1.29 is 9.53 Å². The van der Waals surface area contributed by atoms with Crippen LogP contribution < -0.4 is 15.5 Å². The lowest BCUT2D eigenvalue weighted by Gasteiger charge is -2.32. The van der Waals surface area contributed by atoms with Crippen molar-refractivity contribution >= 4 is 55.7 Å². The van der Waals surface area contributed by atoms with E-state index in [-0.39, 0.29) is 11.9 Å². The topological polar surface area (TPSA) is 111 Å². The molecule has 6 heterocycles. The maximum atomic E-state index is 11.8. The molecule has 43 heavy (non-hydrogen) atoms. The van der Waals surface area contributed by atoms with Crippen molar-refractivity contribution in [3.63, 3.8) is 0 Å². The number of aromatic nitrogens is 4. The number of nitrogens with zero attached hydrogens (tertiary/aromatic N) is 5. The summed E-state index contributed by atoms with van der Waals surface area (Å²) in [5.41, 5.74) is 5.97. The number of aromatic amines is 1. The van der Waals surface area contributed by atoms with E-state index in [9.17, 15) is 4.79 Å². The lowest BCUT2D eigenvalue weighted by molar-refractivity contribution is -0.117. The highest BCUT2D eigenvalue weighted by molar-refractivity contribution is 7.19. The zero-order valence-corrected chi connectivity index (χ0v) is 24.7. The molecule has 5 aromatic rings. The lowest BCUT2D eigenvalue weighted by atomic mass is 10.1. The van der Waals surface area contributed by atoms with Crippen LogP contribution in [-0.2, 0) is 16.1 Å². The number of H-pyrrole nitrogens is 1. The average molecular weight is 595 g/mol. The van der Waals surface area contributed by atoms with E-state index >= 15 is 0 Å². The number of fused-ring (bicyclic) bond motifs is 2. The molecule has 2 fully saturated rings. The minimum atomic E-state index is -0.102. The minimum Gasteiger partial charge on any atom is -0.378 e. The molecular formula is C32H34N8O2S. The predicted octanol–water partition coefficient (Wildman–Crippen LogP) is 5.08. The van der Waals surface area contributed by atoms with Gasteiger partial charge in [0.2, 0.25) is 5.91 Å². The summed E-state index contributed by atoms with van der Waals surface area (Å²) < 4.78 is 6.66. The van der Waals surface area contributed by atoms with Crippen molar-refractivity contribution in [1.82, 2.24) is 30.2 Å². The normalized spacial score (nSPS) is 17.8. The number of thiophene rings is 1. The average Bonchev–Trinajstić information content (AvgIpc) is 3.67. The van der Waals surface area contributed by atoms with Crippen LogP contribution in [0.3, 0.4) is 0 Å². The van der Waals surface area contributed by atoms with Gasteiger partial charge in [-0.05, 0) is 61.4 Å². The van der Waals surface area contributed by atoms with Crippen LogP contribution in [0.25, 0.3) is 32.5 Å². The molecule has 11 heteroatoms. The fourth-order valence-electron chi connectivity index (χ4n) is 5.96. The first kappa shape index (κ1) is 27.5. The summed E-state index contributed by atoms with van der Waals surface area (Å²) in [6, 6.07) is 14.9. The van der Waals surface area contributed by atoms with Gasteiger partial charge in [-0.2, -0.15) is 0 Å². The van der Waals surface area contributed by atoms with Gasteiger partial charge >= 0.3 is 0 Å². The molecule has 4 aromatic heterocycles. The van der Waals surface area contributed by atoms with Crippen LogP contribution in [0.1, 0.15) is 17.7 Å². The van der Waals surface area contributed by atoms with Gasteiger partial charge in [-0.1, -0.05) is 18.7 Å². The second-order valence-electron chi connectivity index (χ2n) is 11.0. The van der Waals surface area contributed by atoms with Gasteiger partial charge in [0.1, 0.15) is 17.8 Å². The zero-order chi connectivity index (χ0) is 29.2. The molecular weight excluding hydrogens is 560 g/mol. The highest BCUT2D eigenvalue weighted by atomic mass is 32.1. The quantitative estimate of drug-likeness (QED) is 0.213. The Balaban J connectivity index is 1.06. The van der Waals surface area contributed by atoms with Crippen LogP contribution in [0, 0.1) is 0 Å². The number of anilines is 3. The second-order valence-corrected chi connectivity index (χ2v) is 12.2. The number of carbonyl (C=O) groups excluding carboxylic acids is 1. The fourth-order valence-corrected chi connectivity index (χ4v) is 7.08. The predicted molar refractivity (Wildman–Crippen MR) is 172 cm³/mol. The maximum Gasteiger partial charge on any atom is 0.243 e. The number of ether oxygens (including phenoxy) is 1. The molecule has 220 valence electrons. The molecule has 2 saturated heterocycles. The highest BCUT2D eigenvalue weighted by Gasteiger charge is 2.22. The summed E-state index contributed by atoms with van der Waals surface area (Å²) in [4.78, 5) is 34.9. The molecule has 0 spiro atoms. The number of hydrogen-bond donors (Lipinski definition) is 3. The standard InChI is InChI=1S/C32H34N8O2S/c1-2-29(41)37-23-4-3-11-39(18-23)19-24-16-28-30(43-24)26(9-10-33-28)36-22-7-5-21(6-8-22)27-17-25-31(38-27)34-20-35-32(25)40-12-14-42-15-13-40/h2,5-10,16-17,20,23H,1,3-4,11-15,18-19H2,(H,33,36)(H,37,41)(H,34,35,38)/t23-/m1/s1. The van der Waals surface area contributed by atoms with Crippen molar-refractivity contribution in [1.29, 1.82) is 0 Å². The number of nitrogens with one attached hydrogen (secondary N) is 3. The minimum absolute atomic E-state index is 0.102. The zero-order valence-electron chi connectivity index (χ0n) is 23.9. The number of likely N-dealkylation sites (tertiary alicyclic amines) is 1. The van der Waals surface area contributed by atoms with Crippen LogP contribution in [-0.4, -0.2) is 76.2 Å². The van der Waals surface area contributed by atoms with Gasteiger partial charge in [-0.25, -0.2) is 9.97 Å². The molecule has 10 nitrogen and oxygen atoms in total. The van der Waals surface area contributed by atoms with E-state index in [1.54, 1.807) is 17.7 Å². The molecule has 3 N–H and O–H groups in total. The van der Waals surface area contributed by atoms with Crippen LogP contribution >= 0.6 is 11.3 Å². The number of morpholine rings is 1. The molecule has 7 rings (SSSR count). The van der Waals surface area contributed by atoms with Crippen LogP contribution in [0.4, 0.5) is 17.2 Å². The number of benzene rings is 1. The Morgan fingerprint density at radius 2 is 1.98 bits per heavy atom. The fraction of sp³-hybridized carbons (Fsp3) is 0.312. The van der Waals surface area contributed by atoms with E-state index in [1.165, 1.54) is 11.0 Å². The first-order valence-electron chi connectivity index (χ1n) is 14.7. The Hall–Kier alpha value is -4.32. The molecule has 2 aliphatic rings. The molecule has 0 unspecified atom stereocenters. The molecule has 1 atom stereocenters. The third-order valence-corrected chi connectivity index (χ3v) is 9.21. The maximum absolute atomic E-state index is 11.8. The molecule has 1 amide bonds. The SMILES string of the molecule is C=CC(=O)N[C@@H]1CCCN(Cc2cc3nccc(Nc4ccc(-c5cc6c(N7CCOCC7)ncnc6[nH]5)cc4)c3s2)C1. The van der Waals surface area contributed by atoms with Crippen molar-refractivity contribution in [2.75, 3.05) is 49.6 Å².